The number of carbonyl (C=O) groups is 2. The SMILES string of the molecule is O=C1OCCN1[C@H]1CC[C@H](C(=O)Nc2ccc(-c3cc(F)cc(F)c3)cn2)CC1. The Hall–Kier alpha value is -3.03. The number of nitrogens with zero attached hydrogens (tertiary/aromatic N) is 2. The molecule has 0 spiro atoms. The maximum atomic E-state index is 13.4. The summed E-state index contributed by atoms with van der Waals surface area (Å²) in [5.41, 5.74) is 0.936. The lowest BCUT2D eigenvalue weighted by Gasteiger charge is -2.32. The third-order valence-corrected chi connectivity index (χ3v) is 5.51. The van der Waals surface area contributed by atoms with Crippen molar-refractivity contribution in [1.82, 2.24) is 9.88 Å². The van der Waals surface area contributed by atoms with E-state index in [4.69, 9.17) is 4.74 Å². The first-order chi connectivity index (χ1) is 14.0. The summed E-state index contributed by atoms with van der Waals surface area (Å²) in [6.45, 7) is 1.05. The molecule has 2 amide bonds. The molecule has 1 aromatic carbocycles. The highest BCUT2D eigenvalue weighted by atomic mass is 19.1. The van der Waals surface area contributed by atoms with Gasteiger partial charge >= 0.3 is 6.09 Å². The first-order valence-electron chi connectivity index (χ1n) is 9.66. The van der Waals surface area contributed by atoms with Crippen LogP contribution in [0, 0.1) is 17.6 Å². The molecule has 29 heavy (non-hydrogen) atoms. The quantitative estimate of drug-likeness (QED) is 0.841. The first-order valence-corrected chi connectivity index (χ1v) is 9.66. The van der Waals surface area contributed by atoms with Crippen LogP contribution in [-0.4, -0.2) is 41.1 Å². The molecule has 2 aliphatic rings. The van der Waals surface area contributed by atoms with Crippen LogP contribution in [-0.2, 0) is 9.53 Å². The van der Waals surface area contributed by atoms with Gasteiger partial charge in [-0.05, 0) is 55.5 Å². The largest absolute Gasteiger partial charge is 0.448 e. The zero-order chi connectivity index (χ0) is 20.4. The second kappa shape index (κ2) is 8.14. The minimum Gasteiger partial charge on any atom is -0.448 e. The van der Waals surface area contributed by atoms with Gasteiger partial charge in [0.05, 0.1) is 6.54 Å². The maximum Gasteiger partial charge on any atom is 0.410 e. The Morgan fingerprint density at radius 2 is 1.79 bits per heavy atom. The molecular formula is C21H21F2N3O3. The van der Waals surface area contributed by atoms with Gasteiger partial charge < -0.3 is 15.0 Å². The molecule has 1 saturated heterocycles. The van der Waals surface area contributed by atoms with Crippen molar-refractivity contribution in [2.45, 2.75) is 31.7 Å². The predicted molar refractivity (Wildman–Crippen MR) is 102 cm³/mol. The molecule has 1 aromatic heterocycles. The summed E-state index contributed by atoms with van der Waals surface area (Å²) in [4.78, 5) is 30.2. The maximum absolute atomic E-state index is 13.4. The fourth-order valence-corrected chi connectivity index (χ4v) is 3.97. The molecule has 1 saturated carbocycles. The van der Waals surface area contributed by atoms with Gasteiger partial charge in [0, 0.05) is 29.8 Å². The molecule has 2 heterocycles. The van der Waals surface area contributed by atoms with E-state index < -0.39 is 11.6 Å². The van der Waals surface area contributed by atoms with Crippen LogP contribution in [0.25, 0.3) is 11.1 Å². The second-order valence-electron chi connectivity index (χ2n) is 7.39. The van der Waals surface area contributed by atoms with E-state index in [0.29, 0.717) is 42.9 Å². The van der Waals surface area contributed by atoms with Crippen LogP contribution in [0.3, 0.4) is 0 Å². The second-order valence-corrected chi connectivity index (χ2v) is 7.39. The predicted octanol–water partition coefficient (Wildman–Crippen LogP) is 3.98. The molecule has 152 valence electrons. The number of benzene rings is 1. The fourth-order valence-electron chi connectivity index (χ4n) is 3.97. The van der Waals surface area contributed by atoms with Gasteiger partial charge in [-0.25, -0.2) is 18.6 Å². The van der Waals surface area contributed by atoms with Crippen LogP contribution in [0.4, 0.5) is 19.4 Å². The van der Waals surface area contributed by atoms with E-state index >= 15 is 0 Å². The first kappa shape index (κ1) is 19.3. The van der Waals surface area contributed by atoms with E-state index in [9.17, 15) is 18.4 Å². The van der Waals surface area contributed by atoms with Crippen LogP contribution >= 0.6 is 0 Å². The van der Waals surface area contributed by atoms with Gasteiger partial charge in [0.1, 0.15) is 24.1 Å². The monoisotopic (exact) mass is 401 g/mol. The highest BCUT2D eigenvalue weighted by Gasteiger charge is 2.34. The Morgan fingerprint density at radius 3 is 2.38 bits per heavy atom. The van der Waals surface area contributed by atoms with Gasteiger partial charge in [0.15, 0.2) is 0 Å². The van der Waals surface area contributed by atoms with Gasteiger partial charge in [-0.2, -0.15) is 0 Å². The van der Waals surface area contributed by atoms with Crippen LogP contribution < -0.4 is 5.32 Å². The fraction of sp³-hybridized carbons (Fsp3) is 0.381. The van der Waals surface area contributed by atoms with Gasteiger partial charge in [0.25, 0.3) is 0 Å². The number of halogens is 2. The lowest BCUT2D eigenvalue weighted by molar-refractivity contribution is -0.121. The Labute approximate surface area is 166 Å². The number of ether oxygens (including phenoxy) is 1. The van der Waals surface area contributed by atoms with Gasteiger partial charge in [-0.15, -0.1) is 0 Å². The molecule has 1 aliphatic carbocycles. The van der Waals surface area contributed by atoms with Crippen LogP contribution in [0.1, 0.15) is 25.7 Å². The number of rotatable bonds is 4. The molecule has 2 aromatic rings. The normalized spacial score (nSPS) is 21.7. The average molecular weight is 401 g/mol. The van der Waals surface area contributed by atoms with Crippen LogP contribution in [0.15, 0.2) is 36.5 Å². The van der Waals surface area contributed by atoms with Crippen LogP contribution in [0.5, 0.6) is 0 Å². The number of pyridine rings is 1. The van der Waals surface area contributed by atoms with Crippen molar-refractivity contribution in [1.29, 1.82) is 0 Å². The third kappa shape index (κ3) is 4.36. The van der Waals surface area contributed by atoms with Gasteiger partial charge in [-0.3, -0.25) is 4.79 Å². The minimum absolute atomic E-state index is 0.107. The molecule has 0 bridgehead atoms. The summed E-state index contributed by atoms with van der Waals surface area (Å²) in [6.07, 6.45) is 4.14. The number of hydrogen-bond donors (Lipinski definition) is 1. The van der Waals surface area contributed by atoms with E-state index in [1.807, 2.05) is 0 Å². The Morgan fingerprint density at radius 1 is 1.07 bits per heavy atom. The Bertz CT molecular complexity index is 892. The van der Waals surface area contributed by atoms with E-state index in [0.717, 1.165) is 18.9 Å². The highest BCUT2D eigenvalue weighted by molar-refractivity contribution is 5.91. The molecule has 0 atom stereocenters. The summed E-state index contributed by atoms with van der Waals surface area (Å²) in [5.74, 6) is -1.17. The van der Waals surface area contributed by atoms with E-state index in [-0.39, 0.29) is 24.0 Å². The van der Waals surface area contributed by atoms with Gasteiger partial charge in [0.2, 0.25) is 5.91 Å². The molecule has 0 unspecified atom stereocenters. The zero-order valence-electron chi connectivity index (χ0n) is 15.7. The van der Waals surface area contributed by atoms with E-state index in [1.165, 1.54) is 18.3 Å². The average Bonchev–Trinajstić information content (AvgIpc) is 3.14. The molecule has 1 aliphatic heterocycles. The molecule has 4 rings (SSSR count). The van der Waals surface area contributed by atoms with E-state index in [2.05, 4.69) is 10.3 Å². The molecule has 6 nitrogen and oxygen atoms in total. The molecule has 8 heteroatoms. The number of carbonyl (C=O) groups excluding carboxylic acids is 2. The summed E-state index contributed by atoms with van der Waals surface area (Å²) in [7, 11) is 0. The minimum atomic E-state index is -0.657. The summed E-state index contributed by atoms with van der Waals surface area (Å²) in [6, 6.07) is 6.68. The number of cyclic esters (lactones) is 1. The zero-order valence-corrected chi connectivity index (χ0v) is 15.7. The van der Waals surface area contributed by atoms with Crippen molar-refractivity contribution in [2.24, 2.45) is 5.92 Å². The number of nitrogens with one attached hydrogen (secondary N) is 1. The number of amides is 2. The number of anilines is 1. The molecule has 0 radical (unpaired) electrons. The van der Waals surface area contributed by atoms with Crippen LogP contribution in [0.2, 0.25) is 0 Å². The van der Waals surface area contributed by atoms with Crippen molar-refractivity contribution in [3.63, 3.8) is 0 Å². The molecule has 2 fully saturated rings. The van der Waals surface area contributed by atoms with Crippen molar-refractivity contribution < 1.29 is 23.1 Å². The van der Waals surface area contributed by atoms with Crippen molar-refractivity contribution in [2.75, 3.05) is 18.5 Å². The summed E-state index contributed by atoms with van der Waals surface area (Å²) >= 11 is 0. The number of aromatic nitrogens is 1. The smallest absolute Gasteiger partial charge is 0.410 e. The van der Waals surface area contributed by atoms with Gasteiger partial charge in [-0.1, -0.05) is 0 Å². The lowest BCUT2D eigenvalue weighted by Crippen LogP contribution is -2.40. The lowest BCUT2D eigenvalue weighted by atomic mass is 9.85. The molecule has 1 N–H and O–H groups in total. The third-order valence-electron chi connectivity index (χ3n) is 5.51. The van der Waals surface area contributed by atoms with Crippen molar-refractivity contribution >= 4 is 17.8 Å². The topological polar surface area (TPSA) is 71.5 Å². The van der Waals surface area contributed by atoms with Crippen molar-refractivity contribution in [3.05, 3.63) is 48.2 Å². The number of hydrogen-bond acceptors (Lipinski definition) is 4. The summed E-state index contributed by atoms with van der Waals surface area (Å²) < 4.78 is 31.7. The highest BCUT2D eigenvalue weighted by Crippen LogP contribution is 2.30. The Kier molecular flexibility index (Phi) is 5.42. The summed E-state index contributed by atoms with van der Waals surface area (Å²) in [5, 5.41) is 2.80. The Balaban J connectivity index is 1.33. The molecular weight excluding hydrogens is 380 g/mol. The van der Waals surface area contributed by atoms with Crippen molar-refractivity contribution in [3.8, 4) is 11.1 Å². The van der Waals surface area contributed by atoms with E-state index in [1.54, 1.807) is 17.0 Å². The standard InChI is InChI=1S/C21H21F2N3O3/c22-16-9-15(10-17(23)11-16)14-3-6-19(24-12-14)25-20(27)13-1-4-18(5-2-13)26-7-8-29-21(26)28/h3,6,9-13,18H,1-2,4-5,7-8H2,(H,24,25,27)/t13-,18-.